The van der Waals surface area contributed by atoms with Gasteiger partial charge in [-0.15, -0.1) is 0 Å². The van der Waals surface area contributed by atoms with E-state index in [1.807, 2.05) is 11.8 Å². The van der Waals surface area contributed by atoms with Crippen molar-refractivity contribution in [3.8, 4) is 0 Å². The van der Waals surface area contributed by atoms with Gasteiger partial charge in [0.2, 0.25) is 5.91 Å². The van der Waals surface area contributed by atoms with E-state index < -0.39 is 0 Å². The number of esters is 1. The summed E-state index contributed by atoms with van der Waals surface area (Å²) < 4.78 is 4.97. The first kappa shape index (κ1) is 12.0. The quantitative estimate of drug-likeness (QED) is 0.656. The zero-order valence-corrected chi connectivity index (χ0v) is 9.28. The van der Waals surface area contributed by atoms with Crippen LogP contribution in [-0.2, 0) is 14.3 Å². The summed E-state index contributed by atoms with van der Waals surface area (Å²) in [6, 6.07) is -0.281. The van der Waals surface area contributed by atoms with Gasteiger partial charge in [-0.3, -0.25) is 14.5 Å². The highest BCUT2D eigenvalue weighted by Crippen LogP contribution is 2.08. The summed E-state index contributed by atoms with van der Waals surface area (Å²) in [6.07, 6.45) is 0.673. The van der Waals surface area contributed by atoms with E-state index in [9.17, 15) is 9.59 Å². The lowest BCUT2D eigenvalue weighted by Crippen LogP contribution is -2.54. The lowest BCUT2D eigenvalue weighted by atomic mass is 10.1. The highest BCUT2D eigenvalue weighted by molar-refractivity contribution is 5.81. The van der Waals surface area contributed by atoms with Gasteiger partial charge in [-0.25, -0.2) is 0 Å². The lowest BCUT2D eigenvalue weighted by molar-refractivity contribution is -0.150. The third-order valence-corrected chi connectivity index (χ3v) is 2.45. The molecule has 1 unspecified atom stereocenters. The van der Waals surface area contributed by atoms with E-state index in [4.69, 9.17) is 4.74 Å². The van der Waals surface area contributed by atoms with Crippen molar-refractivity contribution >= 4 is 11.9 Å². The number of amides is 1. The topological polar surface area (TPSA) is 58.6 Å². The molecule has 0 aromatic rings. The van der Waals surface area contributed by atoms with Crippen LogP contribution in [0.5, 0.6) is 0 Å². The van der Waals surface area contributed by atoms with Gasteiger partial charge in [-0.2, -0.15) is 0 Å². The Kier molecular flexibility index (Phi) is 4.55. The number of piperazine rings is 1. The highest BCUT2D eigenvalue weighted by atomic mass is 16.5. The third-order valence-electron chi connectivity index (χ3n) is 2.45. The van der Waals surface area contributed by atoms with Gasteiger partial charge in [0, 0.05) is 13.1 Å². The van der Waals surface area contributed by atoms with Crippen molar-refractivity contribution in [2.24, 2.45) is 0 Å². The molecular weight excluding hydrogens is 196 g/mol. The molecule has 0 spiro atoms. The fourth-order valence-electron chi connectivity index (χ4n) is 1.74. The summed E-state index contributed by atoms with van der Waals surface area (Å²) in [5, 5.41) is 2.73. The average Bonchev–Trinajstić information content (AvgIpc) is 2.19. The van der Waals surface area contributed by atoms with Crippen molar-refractivity contribution in [2.75, 3.05) is 26.2 Å². The van der Waals surface area contributed by atoms with E-state index in [1.165, 1.54) is 0 Å². The Labute approximate surface area is 89.8 Å². The normalized spacial score (nSPS) is 19.5. The van der Waals surface area contributed by atoms with Gasteiger partial charge in [0.1, 0.15) is 6.04 Å². The van der Waals surface area contributed by atoms with E-state index in [2.05, 4.69) is 5.32 Å². The second-order valence-corrected chi connectivity index (χ2v) is 3.50. The molecule has 0 aromatic heterocycles. The van der Waals surface area contributed by atoms with Crippen molar-refractivity contribution in [3.05, 3.63) is 0 Å². The number of rotatable bonds is 4. The average molecular weight is 214 g/mol. The van der Waals surface area contributed by atoms with Crippen molar-refractivity contribution in [1.82, 2.24) is 10.2 Å². The minimum absolute atomic E-state index is 0.0241. The van der Waals surface area contributed by atoms with Gasteiger partial charge in [0.25, 0.3) is 0 Å². The third kappa shape index (κ3) is 3.20. The van der Waals surface area contributed by atoms with Crippen LogP contribution in [0.1, 0.15) is 20.3 Å². The largest absolute Gasteiger partial charge is 0.465 e. The number of nitrogens with one attached hydrogen (secondary N) is 1. The molecule has 1 saturated heterocycles. The second-order valence-electron chi connectivity index (χ2n) is 3.50. The molecular formula is C10H18N2O3. The van der Waals surface area contributed by atoms with Gasteiger partial charge in [-0.1, -0.05) is 6.92 Å². The van der Waals surface area contributed by atoms with E-state index in [0.717, 1.165) is 0 Å². The van der Waals surface area contributed by atoms with Crippen molar-refractivity contribution in [3.63, 3.8) is 0 Å². The number of nitrogens with zero attached hydrogens (tertiary/aromatic N) is 1. The lowest BCUT2D eigenvalue weighted by Gasteiger charge is -2.31. The fourth-order valence-corrected chi connectivity index (χ4v) is 1.74. The predicted octanol–water partition coefficient (Wildman–Crippen LogP) is -0.240. The Morgan fingerprint density at radius 1 is 1.60 bits per heavy atom. The molecule has 0 bridgehead atoms. The van der Waals surface area contributed by atoms with E-state index in [0.29, 0.717) is 26.1 Å². The second kappa shape index (κ2) is 5.70. The molecule has 15 heavy (non-hydrogen) atoms. The van der Waals surface area contributed by atoms with Crippen LogP contribution in [0.3, 0.4) is 0 Å². The molecule has 1 atom stereocenters. The summed E-state index contributed by atoms with van der Waals surface area (Å²) in [4.78, 5) is 24.6. The molecule has 0 saturated carbocycles. The van der Waals surface area contributed by atoms with Crippen molar-refractivity contribution in [1.29, 1.82) is 0 Å². The highest BCUT2D eigenvalue weighted by Gasteiger charge is 2.28. The Hall–Kier alpha value is -1.10. The molecule has 1 amide bonds. The summed E-state index contributed by atoms with van der Waals surface area (Å²) in [5.74, 6) is -0.251. The molecule has 5 nitrogen and oxygen atoms in total. The van der Waals surface area contributed by atoms with Crippen LogP contribution < -0.4 is 5.32 Å². The van der Waals surface area contributed by atoms with Crippen LogP contribution in [0.25, 0.3) is 0 Å². The monoisotopic (exact) mass is 214 g/mol. The standard InChI is InChI=1S/C10H18N2O3/c1-3-8(10(14)15-4-2)12-6-5-11-9(13)7-12/h8H,3-7H2,1-2H3,(H,11,13). The van der Waals surface area contributed by atoms with Gasteiger partial charge in [-0.05, 0) is 13.3 Å². The SMILES string of the molecule is CCOC(=O)C(CC)N1CCNC(=O)C1. The Morgan fingerprint density at radius 3 is 2.87 bits per heavy atom. The van der Waals surface area contributed by atoms with E-state index in [1.54, 1.807) is 6.92 Å². The van der Waals surface area contributed by atoms with E-state index >= 15 is 0 Å². The number of carbonyl (C=O) groups is 2. The minimum Gasteiger partial charge on any atom is -0.465 e. The molecule has 1 aliphatic rings. The first-order valence-electron chi connectivity index (χ1n) is 5.36. The van der Waals surface area contributed by atoms with Gasteiger partial charge < -0.3 is 10.1 Å². The smallest absolute Gasteiger partial charge is 0.323 e. The number of carbonyl (C=O) groups excluding carboxylic acids is 2. The number of hydrogen-bond acceptors (Lipinski definition) is 4. The molecule has 1 N–H and O–H groups in total. The molecule has 0 aromatic carbocycles. The molecule has 1 fully saturated rings. The summed E-state index contributed by atoms with van der Waals surface area (Å²) in [6.45, 7) is 5.70. The van der Waals surface area contributed by atoms with Crippen LogP contribution in [0, 0.1) is 0 Å². The first-order valence-corrected chi connectivity index (χ1v) is 5.36. The zero-order chi connectivity index (χ0) is 11.3. The first-order chi connectivity index (χ1) is 7.19. The molecule has 5 heteroatoms. The van der Waals surface area contributed by atoms with Crippen LogP contribution >= 0.6 is 0 Å². The van der Waals surface area contributed by atoms with E-state index in [-0.39, 0.29) is 24.5 Å². The van der Waals surface area contributed by atoms with Crippen LogP contribution in [-0.4, -0.2) is 49.1 Å². The summed E-state index contributed by atoms with van der Waals surface area (Å²) in [5.41, 5.74) is 0. The van der Waals surface area contributed by atoms with Crippen LogP contribution in [0.15, 0.2) is 0 Å². The molecule has 1 rings (SSSR count). The molecule has 1 aliphatic heterocycles. The number of ether oxygens (including phenoxy) is 1. The molecule has 86 valence electrons. The summed E-state index contributed by atoms with van der Waals surface area (Å²) in [7, 11) is 0. The molecule has 1 heterocycles. The minimum atomic E-state index is -0.281. The Balaban J connectivity index is 2.56. The predicted molar refractivity (Wildman–Crippen MR) is 55.3 cm³/mol. The van der Waals surface area contributed by atoms with Gasteiger partial charge in [0.05, 0.1) is 13.2 Å². The van der Waals surface area contributed by atoms with Gasteiger partial charge in [0.15, 0.2) is 0 Å². The fraction of sp³-hybridized carbons (Fsp3) is 0.800. The van der Waals surface area contributed by atoms with Crippen molar-refractivity contribution in [2.45, 2.75) is 26.3 Å². The van der Waals surface area contributed by atoms with Crippen LogP contribution in [0.2, 0.25) is 0 Å². The molecule has 0 radical (unpaired) electrons. The molecule has 0 aliphatic carbocycles. The Morgan fingerprint density at radius 2 is 2.33 bits per heavy atom. The van der Waals surface area contributed by atoms with Crippen molar-refractivity contribution < 1.29 is 14.3 Å². The maximum atomic E-state index is 11.6. The zero-order valence-electron chi connectivity index (χ0n) is 9.28. The maximum absolute atomic E-state index is 11.6. The summed E-state index contributed by atoms with van der Waals surface area (Å²) >= 11 is 0. The number of hydrogen-bond donors (Lipinski definition) is 1. The Bertz CT molecular complexity index is 243. The van der Waals surface area contributed by atoms with Gasteiger partial charge >= 0.3 is 5.97 Å². The van der Waals surface area contributed by atoms with Crippen LogP contribution in [0.4, 0.5) is 0 Å². The maximum Gasteiger partial charge on any atom is 0.323 e.